The zero-order valence-corrected chi connectivity index (χ0v) is 9.32. The van der Waals surface area contributed by atoms with Gasteiger partial charge in [0.25, 0.3) is 5.91 Å². The Morgan fingerprint density at radius 1 is 1.33 bits per heavy atom. The third-order valence-electron chi connectivity index (χ3n) is 2.08. The van der Waals surface area contributed by atoms with Crippen molar-refractivity contribution in [3.05, 3.63) is 29.8 Å². The summed E-state index contributed by atoms with van der Waals surface area (Å²) in [4.78, 5) is 11.6. The van der Waals surface area contributed by atoms with Crippen LogP contribution in [-0.2, 0) is 0 Å². The van der Waals surface area contributed by atoms with Gasteiger partial charge in [-0.15, -0.1) is 0 Å². The highest BCUT2D eigenvalue weighted by Crippen LogP contribution is 1.98. The van der Waals surface area contributed by atoms with Crippen LogP contribution in [0.3, 0.4) is 0 Å². The van der Waals surface area contributed by atoms with E-state index in [2.05, 4.69) is 5.32 Å². The normalized spacial score (nSPS) is 10.2. The molecule has 1 aromatic rings. The van der Waals surface area contributed by atoms with E-state index in [1.807, 2.05) is 13.8 Å². The van der Waals surface area contributed by atoms with Gasteiger partial charge in [-0.1, -0.05) is 19.0 Å². The summed E-state index contributed by atoms with van der Waals surface area (Å²) in [5.74, 6) is -0.0813. The monoisotopic (exact) mass is 205 g/mol. The van der Waals surface area contributed by atoms with Crippen molar-refractivity contribution in [1.82, 2.24) is 5.32 Å². The number of hydrogen-bond donors (Lipinski definition) is 2. The Bertz CT molecular complexity index is 333. The quantitative estimate of drug-likeness (QED) is 0.711. The lowest BCUT2D eigenvalue weighted by atomic mass is 9.64. The average molecular weight is 205 g/mol. The number of carbonyl (C=O) groups is 1. The smallest absolute Gasteiger partial charge is 0.320 e. The average Bonchev–Trinajstić information content (AvgIpc) is 2.17. The molecule has 1 aromatic carbocycles. The first-order valence-electron chi connectivity index (χ1n) is 5.09. The zero-order valence-electron chi connectivity index (χ0n) is 9.32. The van der Waals surface area contributed by atoms with Gasteiger partial charge in [-0.3, -0.25) is 4.79 Å². The topological polar surface area (TPSA) is 49.3 Å². The fourth-order valence-corrected chi connectivity index (χ4v) is 1.26. The van der Waals surface area contributed by atoms with E-state index in [1.54, 1.807) is 31.1 Å². The van der Waals surface area contributed by atoms with Gasteiger partial charge < -0.3 is 10.3 Å². The van der Waals surface area contributed by atoms with E-state index in [9.17, 15) is 9.82 Å². The molecule has 80 valence electrons. The highest BCUT2D eigenvalue weighted by molar-refractivity contribution is 6.64. The molecular formula is C11H16BNO2. The molecule has 0 radical (unpaired) electrons. The third-order valence-corrected chi connectivity index (χ3v) is 2.08. The van der Waals surface area contributed by atoms with Crippen LogP contribution in [0.15, 0.2) is 24.3 Å². The minimum absolute atomic E-state index is 0.0813. The molecule has 0 unspecified atom stereocenters. The molecule has 0 aliphatic rings. The molecule has 0 fully saturated rings. The molecule has 1 rings (SSSR count). The highest BCUT2D eigenvalue weighted by atomic mass is 16.2. The number of rotatable bonds is 3. The van der Waals surface area contributed by atoms with Crippen LogP contribution < -0.4 is 10.8 Å². The van der Waals surface area contributed by atoms with Crippen molar-refractivity contribution in [3.8, 4) is 0 Å². The first kappa shape index (κ1) is 11.8. The molecule has 0 aliphatic heterocycles. The van der Waals surface area contributed by atoms with Crippen molar-refractivity contribution < 1.29 is 9.82 Å². The van der Waals surface area contributed by atoms with E-state index in [-0.39, 0.29) is 11.9 Å². The number of amides is 1. The molecule has 0 saturated carbocycles. The lowest BCUT2D eigenvalue weighted by molar-refractivity contribution is 0.0943. The summed E-state index contributed by atoms with van der Waals surface area (Å²) in [6.07, 6.45) is 0. The van der Waals surface area contributed by atoms with Crippen LogP contribution in [-0.4, -0.2) is 23.9 Å². The number of hydrogen-bond acceptors (Lipinski definition) is 2. The van der Waals surface area contributed by atoms with Crippen LogP contribution >= 0.6 is 0 Å². The first-order chi connectivity index (χ1) is 7.00. The summed E-state index contributed by atoms with van der Waals surface area (Å²) >= 11 is 0. The Morgan fingerprint density at radius 2 is 1.87 bits per heavy atom. The van der Waals surface area contributed by atoms with Crippen molar-refractivity contribution in [2.24, 2.45) is 0 Å². The van der Waals surface area contributed by atoms with Crippen molar-refractivity contribution in [2.45, 2.75) is 26.7 Å². The predicted octanol–water partition coefficient (Wildman–Crippen LogP) is 0.645. The number of nitrogens with one attached hydrogen (secondary N) is 1. The summed E-state index contributed by atoms with van der Waals surface area (Å²) in [5.41, 5.74) is 1.43. The van der Waals surface area contributed by atoms with Gasteiger partial charge >= 0.3 is 6.92 Å². The molecule has 0 saturated heterocycles. The fourth-order valence-electron chi connectivity index (χ4n) is 1.26. The lowest BCUT2D eigenvalue weighted by Crippen LogP contribution is -2.31. The van der Waals surface area contributed by atoms with Gasteiger partial charge in [0.2, 0.25) is 0 Å². The zero-order chi connectivity index (χ0) is 11.4. The minimum Gasteiger partial charge on any atom is -0.447 e. The Morgan fingerprint density at radius 3 is 2.27 bits per heavy atom. The highest BCUT2D eigenvalue weighted by Gasteiger charge is 2.09. The Kier molecular flexibility index (Phi) is 3.92. The molecule has 4 heteroatoms. The number of benzene rings is 1. The summed E-state index contributed by atoms with van der Waals surface area (Å²) in [6.45, 7) is 5.04. The molecule has 0 atom stereocenters. The number of carbonyl (C=O) groups excluding carboxylic acids is 1. The summed E-state index contributed by atoms with van der Waals surface area (Å²) < 4.78 is 0. The van der Waals surface area contributed by atoms with Gasteiger partial charge in [0.1, 0.15) is 0 Å². The van der Waals surface area contributed by atoms with Crippen molar-refractivity contribution in [3.63, 3.8) is 0 Å². The fraction of sp³-hybridized carbons (Fsp3) is 0.364. The predicted molar refractivity (Wildman–Crippen MR) is 62.5 cm³/mol. The van der Waals surface area contributed by atoms with E-state index >= 15 is 0 Å². The summed E-state index contributed by atoms with van der Waals surface area (Å²) in [6, 6.07) is 7.10. The largest absolute Gasteiger partial charge is 0.447 e. The summed E-state index contributed by atoms with van der Waals surface area (Å²) in [7, 11) is 0. The molecular weight excluding hydrogens is 189 g/mol. The minimum atomic E-state index is -0.493. The second kappa shape index (κ2) is 4.98. The molecule has 0 heterocycles. The van der Waals surface area contributed by atoms with Crippen LogP contribution in [0.2, 0.25) is 6.82 Å². The molecule has 2 N–H and O–H groups in total. The Balaban J connectivity index is 2.75. The van der Waals surface area contributed by atoms with Crippen LogP contribution in [0.4, 0.5) is 0 Å². The molecule has 1 amide bonds. The van der Waals surface area contributed by atoms with Gasteiger partial charge in [-0.25, -0.2) is 0 Å². The SMILES string of the molecule is CB(O)c1ccc(C(=O)NC(C)C)cc1. The van der Waals surface area contributed by atoms with Gasteiger partial charge in [-0.05, 0) is 31.4 Å². The van der Waals surface area contributed by atoms with Crippen molar-refractivity contribution in [2.75, 3.05) is 0 Å². The van der Waals surface area contributed by atoms with Crippen LogP contribution in [0.5, 0.6) is 0 Å². The Hall–Kier alpha value is -1.29. The van der Waals surface area contributed by atoms with E-state index in [1.165, 1.54) is 0 Å². The maximum Gasteiger partial charge on any atom is 0.320 e. The molecule has 0 aromatic heterocycles. The van der Waals surface area contributed by atoms with E-state index in [0.29, 0.717) is 5.56 Å². The van der Waals surface area contributed by atoms with E-state index in [0.717, 1.165) is 5.46 Å². The lowest BCUT2D eigenvalue weighted by Gasteiger charge is -2.08. The molecule has 0 bridgehead atoms. The maximum absolute atomic E-state index is 11.6. The van der Waals surface area contributed by atoms with Crippen molar-refractivity contribution >= 4 is 18.3 Å². The molecule has 3 nitrogen and oxygen atoms in total. The first-order valence-corrected chi connectivity index (χ1v) is 5.09. The third kappa shape index (κ3) is 3.40. The molecule has 0 spiro atoms. The van der Waals surface area contributed by atoms with Gasteiger partial charge in [0.15, 0.2) is 0 Å². The molecule has 0 aliphatic carbocycles. The second-order valence-electron chi connectivity index (χ2n) is 3.93. The second-order valence-corrected chi connectivity index (χ2v) is 3.93. The van der Waals surface area contributed by atoms with E-state index < -0.39 is 6.92 Å². The van der Waals surface area contributed by atoms with Gasteiger partial charge in [0.05, 0.1) is 0 Å². The van der Waals surface area contributed by atoms with Crippen LogP contribution in [0.1, 0.15) is 24.2 Å². The van der Waals surface area contributed by atoms with Crippen molar-refractivity contribution in [1.29, 1.82) is 0 Å². The summed E-state index contributed by atoms with van der Waals surface area (Å²) in [5, 5.41) is 12.1. The van der Waals surface area contributed by atoms with Gasteiger partial charge in [0, 0.05) is 11.6 Å². The van der Waals surface area contributed by atoms with Gasteiger partial charge in [-0.2, -0.15) is 0 Å². The van der Waals surface area contributed by atoms with Crippen LogP contribution in [0.25, 0.3) is 0 Å². The maximum atomic E-state index is 11.6. The Labute approximate surface area is 90.6 Å². The standard InChI is InChI=1S/C11H16BNO2/c1-8(2)13-11(14)9-4-6-10(7-5-9)12(3)15/h4-8,15H,1-3H3,(H,13,14). The van der Waals surface area contributed by atoms with E-state index in [4.69, 9.17) is 0 Å². The molecule has 15 heavy (non-hydrogen) atoms. The van der Waals surface area contributed by atoms with Crippen LogP contribution in [0, 0.1) is 0 Å².